The fraction of sp³-hybridized carbons (Fsp3) is 0.900. The monoisotopic (exact) mass is 185 g/mol. The number of rotatable bonds is 3. The van der Waals surface area contributed by atoms with Crippen molar-refractivity contribution in [1.82, 2.24) is 0 Å². The Bertz CT molecular complexity index is 162. The molecule has 0 spiro atoms. The highest BCUT2D eigenvalue weighted by atomic mass is 16.5. The second-order valence-electron chi connectivity index (χ2n) is 3.90. The molecule has 1 aliphatic rings. The SMILES string of the molecule is COC(=O)CC[C@H]1CC[C@H](N)CC1. The summed E-state index contributed by atoms with van der Waals surface area (Å²) in [6, 6.07) is 0.398. The summed E-state index contributed by atoms with van der Waals surface area (Å²) in [5, 5.41) is 0. The summed E-state index contributed by atoms with van der Waals surface area (Å²) in [4.78, 5) is 10.9. The molecule has 0 saturated heterocycles. The Hall–Kier alpha value is -0.570. The van der Waals surface area contributed by atoms with E-state index in [1.54, 1.807) is 0 Å². The van der Waals surface area contributed by atoms with Gasteiger partial charge in [-0.15, -0.1) is 0 Å². The van der Waals surface area contributed by atoms with Crippen molar-refractivity contribution in [2.45, 2.75) is 44.6 Å². The van der Waals surface area contributed by atoms with Crippen LogP contribution in [0.25, 0.3) is 0 Å². The molecule has 1 aliphatic carbocycles. The largest absolute Gasteiger partial charge is 0.469 e. The van der Waals surface area contributed by atoms with E-state index in [9.17, 15) is 4.79 Å². The van der Waals surface area contributed by atoms with Gasteiger partial charge in [-0.3, -0.25) is 4.79 Å². The Morgan fingerprint density at radius 2 is 2.00 bits per heavy atom. The highest BCUT2D eigenvalue weighted by Crippen LogP contribution is 2.26. The third kappa shape index (κ3) is 3.77. The molecule has 1 fully saturated rings. The lowest BCUT2D eigenvalue weighted by Gasteiger charge is -2.25. The molecule has 0 bridgehead atoms. The first-order chi connectivity index (χ1) is 6.22. The molecular weight excluding hydrogens is 166 g/mol. The van der Waals surface area contributed by atoms with Crippen LogP contribution in [0, 0.1) is 5.92 Å². The maximum absolute atomic E-state index is 10.9. The van der Waals surface area contributed by atoms with Gasteiger partial charge in [-0.05, 0) is 38.0 Å². The van der Waals surface area contributed by atoms with Gasteiger partial charge in [0.1, 0.15) is 0 Å². The highest BCUT2D eigenvalue weighted by molar-refractivity contribution is 5.69. The number of hydrogen-bond donors (Lipinski definition) is 1. The quantitative estimate of drug-likeness (QED) is 0.677. The predicted octanol–water partition coefficient (Wildman–Crippen LogP) is 1.46. The number of hydrogen-bond acceptors (Lipinski definition) is 3. The van der Waals surface area contributed by atoms with E-state index >= 15 is 0 Å². The molecule has 0 aromatic carbocycles. The van der Waals surface area contributed by atoms with Crippen LogP contribution >= 0.6 is 0 Å². The number of carbonyl (C=O) groups excluding carboxylic acids is 1. The van der Waals surface area contributed by atoms with Gasteiger partial charge in [0.25, 0.3) is 0 Å². The molecule has 76 valence electrons. The van der Waals surface area contributed by atoms with E-state index in [0.29, 0.717) is 18.4 Å². The van der Waals surface area contributed by atoms with Gasteiger partial charge in [0.05, 0.1) is 7.11 Å². The third-order valence-corrected chi connectivity index (χ3v) is 2.88. The van der Waals surface area contributed by atoms with Gasteiger partial charge in [0, 0.05) is 12.5 Å². The molecule has 0 amide bonds. The lowest BCUT2D eigenvalue weighted by Crippen LogP contribution is -2.26. The van der Waals surface area contributed by atoms with Crippen LogP contribution in [0.1, 0.15) is 38.5 Å². The van der Waals surface area contributed by atoms with Crippen molar-refractivity contribution < 1.29 is 9.53 Å². The van der Waals surface area contributed by atoms with Crippen molar-refractivity contribution in [3.8, 4) is 0 Å². The van der Waals surface area contributed by atoms with Crippen LogP contribution in [0.3, 0.4) is 0 Å². The highest BCUT2D eigenvalue weighted by Gasteiger charge is 2.18. The Labute approximate surface area is 79.6 Å². The molecule has 1 rings (SSSR count). The van der Waals surface area contributed by atoms with E-state index in [4.69, 9.17) is 5.73 Å². The maximum atomic E-state index is 10.9. The van der Waals surface area contributed by atoms with Crippen LogP contribution in [-0.2, 0) is 9.53 Å². The van der Waals surface area contributed by atoms with Crippen molar-refractivity contribution in [1.29, 1.82) is 0 Å². The molecule has 3 nitrogen and oxygen atoms in total. The third-order valence-electron chi connectivity index (χ3n) is 2.88. The van der Waals surface area contributed by atoms with E-state index in [2.05, 4.69) is 4.74 Å². The van der Waals surface area contributed by atoms with Crippen molar-refractivity contribution >= 4 is 5.97 Å². The summed E-state index contributed by atoms with van der Waals surface area (Å²) in [6.45, 7) is 0. The molecule has 13 heavy (non-hydrogen) atoms. The standard InChI is InChI=1S/C10H19NO2/c1-13-10(12)7-4-8-2-5-9(11)6-3-8/h8-9H,2-7,11H2,1H3/t8-,9-. The zero-order chi connectivity index (χ0) is 9.68. The Morgan fingerprint density at radius 1 is 1.38 bits per heavy atom. The number of ether oxygens (including phenoxy) is 1. The number of methoxy groups -OCH3 is 1. The van der Waals surface area contributed by atoms with Crippen molar-refractivity contribution in [3.05, 3.63) is 0 Å². The molecule has 1 saturated carbocycles. The van der Waals surface area contributed by atoms with Crippen LogP contribution in [0.4, 0.5) is 0 Å². The minimum absolute atomic E-state index is 0.0881. The summed E-state index contributed by atoms with van der Waals surface area (Å²) < 4.78 is 4.60. The smallest absolute Gasteiger partial charge is 0.305 e. The van der Waals surface area contributed by atoms with E-state index in [1.807, 2.05) is 0 Å². The van der Waals surface area contributed by atoms with Crippen LogP contribution in [0.2, 0.25) is 0 Å². The average molecular weight is 185 g/mol. The number of esters is 1. The zero-order valence-corrected chi connectivity index (χ0v) is 8.29. The lowest BCUT2D eigenvalue weighted by atomic mass is 9.84. The van der Waals surface area contributed by atoms with Crippen LogP contribution in [0.5, 0.6) is 0 Å². The van der Waals surface area contributed by atoms with Gasteiger partial charge in [-0.25, -0.2) is 0 Å². The van der Waals surface area contributed by atoms with E-state index < -0.39 is 0 Å². The van der Waals surface area contributed by atoms with E-state index in [-0.39, 0.29) is 5.97 Å². The van der Waals surface area contributed by atoms with Gasteiger partial charge in [0.15, 0.2) is 0 Å². The maximum Gasteiger partial charge on any atom is 0.305 e. The summed E-state index contributed by atoms with van der Waals surface area (Å²) in [6.07, 6.45) is 6.13. The molecule has 0 aliphatic heterocycles. The molecule has 0 heterocycles. The fourth-order valence-corrected chi connectivity index (χ4v) is 1.90. The van der Waals surface area contributed by atoms with Gasteiger partial charge in [0.2, 0.25) is 0 Å². The number of nitrogens with two attached hydrogens (primary N) is 1. The molecule has 3 heteroatoms. The van der Waals surface area contributed by atoms with E-state index in [0.717, 1.165) is 19.3 Å². The Kier molecular flexibility index (Phi) is 4.22. The van der Waals surface area contributed by atoms with Gasteiger partial charge < -0.3 is 10.5 Å². The van der Waals surface area contributed by atoms with Gasteiger partial charge in [-0.2, -0.15) is 0 Å². The summed E-state index contributed by atoms with van der Waals surface area (Å²) in [5.41, 5.74) is 5.79. The molecule has 0 radical (unpaired) electrons. The summed E-state index contributed by atoms with van der Waals surface area (Å²) in [5.74, 6) is 0.605. The first-order valence-corrected chi connectivity index (χ1v) is 5.04. The minimum atomic E-state index is -0.0881. The van der Waals surface area contributed by atoms with Crippen molar-refractivity contribution in [2.75, 3.05) is 7.11 Å². The second-order valence-corrected chi connectivity index (χ2v) is 3.90. The lowest BCUT2D eigenvalue weighted by molar-refractivity contribution is -0.141. The fourth-order valence-electron chi connectivity index (χ4n) is 1.90. The van der Waals surface area contributed by atoms with Gasteiger partial charge in [-0.1, -0.05) is 0 Å². The first kappa shape index (κ1) is 10.5. The molecule has 0 unspecified atom stereocenters. The molecule has 0 aromatic heterocycles. The van der Waals surface area contributed by atoms with E-state index in [1.165, 1.54) is 20.0 Å². The molecule has 0 atom stereocenters. The van der Waals surface area contributed by atoms with Crippen LogP contribution < -0.4 is 5.73 Å². The average Bonchev–Trinajstić information content (AvgIpc) is 2.16. The Morgan fingerprint density at radius 3 is 2.54 bits per heavy atom. The zero-order valence-electron chi connectivity index (χ0n) is 8.29. The molecule has 0 aromatic rings. The predicted molar refractivity (Wildman–Crippen MR) is 51.2 cm³/mol. The van der Waals surface area contributed by atoms with Crippen LogP contribution in [0.15, 0.2) is 0 Å². The summed E-state index contributed by atoms with van der Waals surface area (Å²) in [7, 11) is 1.44. The molecular formula is C10H19NO2. The summed E-state index contributed by atoms with van der Waals surface area (Å²) >= 11 is 0. The second kappa shape index (κ2) is 5.22. The van der Waals surface area contributed by atoms with Gasteiger partial charge >= 0.3 is 5.97 Å². The van der Waals surface area contributed by atoms with Crippen LogP contribution in [-0.4, -0.2) is 19.1 Å². The minimum Gasteiger partial charge on any atom is -0.469 e. The van der Waals surface area contributed by atoms with Crippen molar-refractivity contribution in [2.24, 2.45) is 11.7 Å². The van der Waals surface area contributed by atoms with Crippen molar-refractivity contribution in [3.63, 3.8) is 0 Å². The Balaban J connectivity index is 2.12. The number of carbonyl (C=O) groups is 1. The molecule has 2 N–H and O–H groups in total. The first-order valence-electron chi connectivity index (χ1n) is 5.04. The normalized spacial score (nSPS) is 28.5. The topological polar surface area (TPSA) is 52.3 Å².